The summed E-state index contributed by atoms with van der Waals surface area (Å²) in [5, 5.41) is 6.84. The van der Waals surface area contributed by atoms with Crippen LogP contribution >= 0.6 is 0 Å². The predicted octanol–water partition coefficient (Wildman–Crippen LogP) is 1.18. The molecule has 0 saturated heterocycles. The van der Waals surface area contributed by atoms with Gasteiger partial charge >= 0.3 is 0 Å². The van der Waals surface area contributed by atoms with E-state index in [1.54, 1.807) is 17.0 Å². The first-order chi connectivity index (χ1) is 9.15. The molecule has 3 aromatic rings. The van der Waals surface area contributed by atoms with E-state index in [1.165, 1.54) is 6.92 Å². The van der Waals surface area contributed by atoms with Crippen LogP contribution in [0.25, 0.3) is 11.3 Å². The van der Waals surface area contributed by atoms with Crippen LogP contribution in [0.1, 0.15) is 12.6 Å². The van der Waals surface area contributed by atoms with Crippen LogP contribution in [0.15, 0.2) is 30.9 Å². The normalized spacial score (nSPS) is 10.8. The van der Waals surface area contributed by atoms with E-state index < -0.39 is 0 Å². The molecule has 0 aliphatic heterocycles. The lowest BCUT2D eigenvalue weighted by Gasteiger charge is -2.07. The Hall–Kier alpha value is -2.70. The number of anilines is 1. The smallest absolute Gasteiger partial charge is 0.249 e. The van der Waals surface area contributed by atoms with Gasteiger partial charge in [-0.25, -0.2) is 9.50 Å². The number of hydrogen-bond donors (Lipinski definition) is 1. The lowest BCUT2D eigenvalue weighted by Crippen LogP contribution is -2.07. The van der Waals surface area contributed by atoms with Crippen LogP contribution in [0, 0.1) is 6.92 Å². The molecule has 0 unspecified atom stereocenters. The molecule has 3 aromatic heterocycles. The number of aryl methyl sites for hydroxylation is 1. The zero-order valence-electron chi connectivity index (χ0n) is 10.5. The molecule has 0 aliphatic carbocycles. The predicted molar refractivity (Wildman–Crippen MR) is 69.1 cm³/mol. The summed E-state index contributed by atoms with van der Waals surface area (Å²) in [5.74, 6) is 0.113. The number of rotatable bonds is 2. The lowest BCUT2D eigenvalue weighted by atomic mass is 10.3. The number of nitrogens with one attached hydrogen (secondary N) is 1. The fourth-order valence-corrected chi connectivity index (χ4v) is 1.95. The highest BCUT2D eigenvalue weighted by molar-refractivity contribution is 5.86. The summed E-state index contributed by atoms with van der Waals surface area (Å²) in [4.78, 5) is 19.3. The first-order valence-corrected chi connectivity index (χ1v) is 5.77. The molecule has 7 nitrogen and oxygen atoms in total. The van der Waals surface area contributed by atoms with Gasteiger partial charge in [0.25, 0.3) is 0 Å². The van der Waals surface area contributed by atoms with E-state index in [4.69, 9.17) is 0 Å². The molecule has 0 aromatic carbocycles. The number of aromatic nitrogens is 5. The van der Waals surface area contributed by atoms with Crippen LogP contribution in [0.2, 0.25) is 0 Å². The van der Waals surface area contributed by atoms with Crippen LogP contribution < -0.4 is 5.32 Å². The molecule has 3 rings (SSSR count). The number of fused-ring (bicyclic) bond motifs is 1. The molecule has 0 fully saturated rings. The van der Waals surface area contributed by atoms with Crippen molar-refractivity contribution in [3.05, 3.63) is 36.5 Å². The second kappa shape index (κ2) is 4.20. The van der Waals surface area contributed by atoms with Gasteiger partial charge in [0.05, 0.1) is 17.7 Å². The van der Waals surface area contributed by atoms with Crippen molar-refractivity contribution in [2.24, 2.45) is 0 Å². The third kappa shape index (κ3) is 1.95. The average Bonchev–Trinajstić information content (AvgIpc) is 2.97. The summed E-state index contributed by atoms with van der Waals surface area (Å²) in [6.07, 6.45) is 5.30. The number of imidazole rings is 1. The maximum absolute atomic E-state index is 11.0. The Morgan fingerprint density at radius 2 is 2.21 bits per heavy atom. The van der Waals surface area contributed by atoms with Gasteiger partial charge in [0, 0.05) is 19.3 Å². The molecule has 0 aliphatic rings. The molecule has 0 atom stereocenters. The molecule has 96 valence electrons. The summed E-state index contributed by atoms with van der Waals surface area (Å²) in [6, 6.07) is 3.79. The van der Waals surface area contributed by atoms with Crippen LogP contribution in [0.3, 0.4) is 0 Å². The fraction of sp³-hybridized carbons (Fsp3) is 0.167. The van der Waals surface area contributed by atoms with E-state index in [0.717, 1.165) is 11.4 Å². The molecule has 0 spiro atoms. The molecule has 3 heterocycles. The zero-order valence-corrected chi connectivity index (χ0v) is 10.5. The summed E-state index contributed by atoms with van der Waals surface area (Å²) in [6.45, 7) is 3.37. The van der Waals surface area contributed by atoms with Crippen molar-refractivity contribution >= 4 is 17.5 Å². The Morgan fingerprint density at radius 1 is 1.37 bits per heavy atom. The van der Waals surface area contributed by atoms with Crippen LogP contribution in [0.4, 0.5) is 5.95 Å². The van der Waals surface area contributed by atoms with Crippen LogP contribution in [-0.4, -0.2) is 30.1 Å². The standard InChI is InChI=1S/C12H12N6O/c1-8-10(17-6-5-13-7-17)3-4-11-15-12(14-9(2)19)16-18(8)11/h3-7H,1-2H3,(H,14,16,19). The Kier molecular flexibility index (Phi) is 2.52. The van der Waals surface area contributed by atoms with Gasteiger partial charge in [-0.05, 0) is 19.1 Å². The maximum Gasteiger partial charge on any atom is 0.249 e. The lowest BCUT2D eigenvalue weighted by molar-refractivity contribution is -0.114. The van der Waals surface area contributed by atoms with Crippen molar-refractivity contribution in [1.29, 1.82) is 0 Å². The third-order valence-electron chi connectivity index (χ3n) is 2.78. The molecular formula is C12H12N6O. The van der Waals surface area contributed by atoms with E-state index in [-0.39, 0.29) is 5.91 Å². The molecule has 19 heavy (non-hydrogen) atoms. The number of nitrogens with zero attached hydrogens (tertiary/aromatic N) is 5. The average molecular weight is 256 g/mol. The summed E-state index contributed by atoms with van der Waals surface area (Å²) in [5.41, 5.74) is 2.56. The number of carbonyl (C=O) groups excluding carboxylic acids is 1. The van der Waals surface area contributed by atoms with Crippen molar-refractivity contribution in [2.45, 2.75) is 13.8 Å². The van der Waals surface area contributed by atoms with Crippen molar-refractivity contribution in [2.75, 3.05) is 5.32 Å². The number of hydrogen-bond acceptors (Lipinski definition) is 4. The first-order valence-electron chi connectivity index (χ1n) is 5.77. The second-order valence-electron chi connectivity index (χ2n) is 4.16. The van der Waals surface area contributed by atoms with E-state index >= 15 is 0 Å². The van der Waals surface area contributed by atoms with E-state index in [1.807, 2.05) is 29.8 Å². The highest BCUT2D eigenvalue weighted by atomic mass is 16.1. The summed E-state index contributed by atoms with van der Waals surface area (Å²) < 4.78 is 3.59. The highest BCUT2D eigenvalue weighted by Gasteiger charge is 2.10. The first kappa shape index (κ1) is 11.4. The zero-order chi connectivity index (χ0) is 13.4. The minimum atomic E-state index is -0.191. The van der Waals surface area contributed by atoms with Crippen LogP contribution in [0.5, 0.6) is 0 Å². The number of carbonyl (C=O) groups is 1. The Labute approximate surface area is 108 Å². The van der Waals surface area contributed by atoms with Crippen molar-refractivity contribution in [1.82, 2.24) is 24.1 Å². The van der Waals surface area contributed by atoms with E-state index in [9.17, 15) is 4.79 Å². The molecule has 1 amide bonds. The van der Waals surface area contributed by atoms with Gasteiger partial charge in [-0.1, -0.05) is 0 Å². The van der Waals surface area contributed by atoms with Gasteiger partial charge < -0.3 is 4.57 Å². The van der Waals surface area contributed by atoms with Gasteiger partial charge in [-0.2, -0.15) is 4.98 Å². The monoisotopic (exact) mass is 256 g/mol. The molecule has 0 radical (unpaired) electrons. The molecular weight excluding hydrogens is 244 g/mol. The van der Waals surface area contributed by atoms with E-state index in [0.29, 0.717) is 11.6 Å². The molecule has 1 N–H and O–H groups in total. The largest absolute Gasteiger partial charge is 0.304 e. The summed E-state index contributed by atoms with van der Waals surface area (Å²) in [7, 11) is 0. The van der Waals surface area contributed by atoms with Gasteiger partial charge in [0.1, 0.15) is 0 Å². The Morgan fingerprint density at radius 3 is 2.89 bits per heavy atom. The highest BCUT2D eigenvalue weighted by Crippen LogP contribution is 2.16. The van der Waals surface area contributed by atoms with Gasteiger partial charge in [-0.3, -0.25) is 10.1 Å². The van der Waals surface area contributed by atoms with Gasteiger partial charge in [-0.15, -0.1) is 5.10 Å². The van der Waals surface area contributed by atoms with Crippen LogP contribution in [-0.2, 0) is 4.79 Å². The third-order valence-corrected chi connectivity index (χ3v) is 2.78. The Balaban J connectivity index is 2.14. The fourth-order valence-electron chi connectivity index (χ4n) is 1.95. The summed E-state index contributed by atoms with van der Waals surface area (Å²) >= 11 is 0. The topological polar surface area (TPSA) is 77.1 Å². The molecule has 7 heteroatoms. The minimum absolute atomic E-state index is 0.191. The van der Waals surface area contributed by atoms with Crippen molar-refractivity contribution in [3.8, 4) is 5.69 Å². The minimum Gasteiger partial charge on any atom is -0.304 e. The molecule has 0 bridgehead atoms. The number of amides is 1. The Bertz CT molecular complexity index is 743. The van der Waals surface area contributed by atoms with Gasteiger partial charge in [0.2, 0.25) is 11.9 Å². The van der Waals surface area contributed by atoms with E-state index in [2.05, 4.69) is 20.4 Å². The SMILES string of the molecule is CC(=O)Nc1nc2ccc(-n3ccnc3)c(C)n2n1. The van der Waals surface area contributed by atoms with Crippen molar-refractivity contribution in [3.63, 3.8) is 0 Å². The maximum atomic E-state index is 11.0. The van der Waals surface area contributed by atoms with Crippen molar-refractivity contribution < 1.29 is 4.79 Å². The molecule has 0 saturated carbocycles. The second-order valence-corrected chi connectivity index (χ2v) is 4.16. The van der Waals surface area contributed by atoms with Gasteiger partial charge in [0.15, 0.2) is 5.65 Å². The quantitative estimate of drug-likeness (QED) is 0.747. The number of pyridine rings is 1.